The minimum atomic E-state index is 0.626. The molecule has 18 heavy (non-hydrogen) atoms. The third kappa shape index (κ3) is 7.38. The normalized spacial score (nSPS) is 14.5. The van der Waals surface area contributed by atoms with Gasteiger partial charge in [0, 0.05) is 25.2 Å². The molecule has 2 nitrogen and oxygen atoms in total. The van der Waals surface area contributed by atoms with Crippen molar-refractivity contribution in [2.24, 2.45) is 17.8 Å². The Bertz CT molecular complexity index is 197. The predicted octanol–water partition coefficient (Wildman–Crippen LogP) is 3.62. The fraction of sp³-hybridized carbons (Fsp3) is 1.00. The summed E-state index contributed by atoms with van der Waals surface area (Å²) in [5.41, 5.74) is 0. The fourth-order valence-electron chi connectivity index (χ4n) is 2.41. The monoisotopic (exact) mass is 256 g/mol. The summed E-state index contributed by atoms with van der Waals surface area (Å²) in [6, 6.07) is 1.27. The maximum atomic E-state index is 3.63. The van der Waals surface area contributed by atoms with E-state index in [9.17, 15) is 0 Å². The lowest BCUT2D eigenvalue weighted by Gasteiger charge is -2.39. The van der Waals surface area contributed by atoms with Gasteiger partial charge in [-0.3, -0.25) is 4.90 Å². The summed E-state index contributed by atoms with van der Waals surface area (Å²) < 4.78 is 0. The topological polar surface area (TPSA) is 15.3 Å². The second-order valence-electron chi connectivity index (χ2n) is 7.05. The van der Waals surface area contributed by atoms with E-state index in [4.69, 9.17) is 0 Å². The molecule has 1 atom stereocenters. The predicted molar refractivity (Wildman–Crippen MR) is 83.0 cm³/mol. The maximum absolute atomic E-state index is 3.63. The largest absolute Gasteiger partial charge is 0.315 e. The fourth-order valence-corrected chi connectivity index (χ4v) is 2.41. The summed E-state index contributed by atoms with van der Waals surface area (Å²) in [6.45, 7) is 21.9. The molecule has 0 bridgehead atoms. The van der Waals surface area contributed by atoms with Crippen LogP contribution in [0.4, 0.5) is 0 Å². The molecule has 1 N–H and O–H groups in total. The van der Waals surface area contributed by atoms with Gasteiger partial charge in [0.1, 0.15) is 0 Å². The lowest BCUT2D eigenvalue weighted by molar-refractivity contribution is 0.101. The molecule has 0 amide bonds. The smallest absolute Gasteiger partial charge is 0.0246 e. The van der Waals surface area contributed by atoms with Crippen LogP contribution in [0.5, 0.6) is 0 Å². The average molecular weight is 256 g/mol. The zero-order chi connectivity index (χ0) is 14.3. The number of nitrogens with one attached hydrogen (secondary N) is 1. The molecule has 0 saturated heterocycles. The molecule has 2 heteroatoms. The Kier molecular flexibility index (Phi) is 8.89. The van der Waals surface area contributed by atoms with Gasteiger partial charge in [0.05, 0.1) is 0 Å². The van der Waals surface area contributed by atoms with Crippen molar-refractivity contribution in [2.75, 3.05) is 19.6 Å². The summed E-state index contributed by atoms with van der Waals surface area (Å²) in [6.07, 6.45) is 0. The van der Waals surface area contributed by atoms with E-state index in [0.29, 0.717) is 18.0 Å². The molecule has 0 aromatic heterocycles. The molecule has 0 aliphatic carbocycles. The van der Waals surface area contributed by atoms with Gasteiger partial charge in [-0.25, -0.2) is 0 Å². The van der Waals surface area contributed by atoms with Crippen molar-refractivity contribution in [3.63, 3.8) is 0 Å². The summed E-state index contributed by atoms with van der Waals surface area (Å²) in [4.78, 5) is 2.67. The highest BCUT2D eigenvalue weighted by Crippen LogP contribution is 2.16. The van der Waals surface area contributed by atoms with Crippen LogP contribution in [0.2, 0.25) is 0 Å². The second kappa shape index (κ2) is 8.92. The molecule has 0 heterocycles. The molecule has 0 saturated carbocycles. The van der Waals surface area contributed by atoms with Gasteiger partial charge in [-0.15, -0.1) is 0 Å². The highest BCUT2D eigenvalue weighted by Gasteiger charge is 2.24. The van der Waals surface area contributed by atoms with Crippen molar-refractivity contribution >= 4 is 0 Å². The average Bonchev–Trinajstić information content (AvgIpc) is 2.20. The van der Waals surface area contributed by atoms with E-state index in [1.165, 1.54) is 6.54 Å². The first kappa shape index (κ1) is 17.9. The van der Waals surface area contributed by atoms with Gasteiger partial charge in [0.15, 0.2) is 0 Å². The standard InChI is InChI=1S/C16H36N2/c1-12(2)9-17-10-16(14(5)6)18(15(7)8)11-13(3)4/h12-17H,9-11H2,1-8H3. The van der Waals surface area contributed by atoms with Crippen molar-refractivity contribution < 1.29 is 0 Å². The van der Waals surface area contributed by atoms with Gasteiger partial charge in [-0.2, -0.15) is 0 Å². The Labute approximate surface area is 116 Å². The first-order valence-electron chi connectivity index (χ1n) is 7.72. The quantitative estimate of drug-likeness (QED) is 0.678. The van der Waals surface area contributed by atoms with Crippen LogP contribution >= 0.6 is 0 Å². The molecule has 1 unspecified atom stereocenters. The minimum absolute atomic E-state index is 0.626. The highest BCUT2D eigenvalue weighted by atomic mass is 15.2. The summed E-state index contributed by atoms with van der Waals surface area (Å²) >= 11 is 0. The molecule has 0 aliphatic heterocycles. The van der Waals surface area contributed by atoms with E-state index in [1.54, 1.807) is 0 Å². The number of rotatable bonds is 9. The van der Waals surface area contributed by atoms with Crippen molar-refractivity contribution in [3.8, 4) is 0 Å². The molecule has 0 aliphatic rings. The zero-order valence-electron chi connectivity index (χ0n) is 14.0. The first-order valence-corrected chi connectivity index (χ1v) is 7.72. The van der Waals surface area contributed by atoms with Crippen molar-refractivity contribution in [1.82, 2.24) is 10.2 Å². The number of hydrogen-bond acceptors (Lipinski definition) is 2. The lowest BCUT2D eigenvalue weighted by atomic mass is 9.99. The Morgan fingerprint density at radius 2 is 1.33 bits per heavy atom. The Morgan fingerprint density at radius 1 is 0.778 bits per heavy atom. The van der Waals surface area contributed by atoms with Crippen molar-refractivity contribution in [3.05, 3.63) is 0 Å². The third-order valence-corrected chi connectivity index (χ3v) is 3.34. The van der Waals surface area contributed by atoms with Gasteiger partial charge in [0.25, 0.3) is 0 Å². The highest BCUT2D eigenvalue weighted by molar-refractivity contribution is 4.80. The van der Waals surface area contributed by atoms with Crippen molar-refractivity contribution in [2.45, 2.75) is 67.5 Å². The zero-order valence-corrected chi connectivity index (χ0v) is 14.0. The van der Waals surface area contributed by atoms with Crippen LogP contribution in [0.15, 0.2) is 0 Å². The molecule has 0 radical (unpaired) electrons. The van der Waals surface area contributed by atoms with Crippen LogP contribution < -0.4 is 5.32 Å². The molecular formula is C16H36N2. The summed E-state index contributed by atoms with van der Waals surface area (Å²) in [5.74, 6) is 2.17. The summed E-state index contributed by atoms with van der Waals surface area (Å²) in [7, 11) is 0. The van der Waals surface area contributed by atoms with Gasteiger partial charge in [0.2, 0.25) is 0 Å². The Balaban J connectivity index is 4.50. The SMILES string of the molecule is CC(C)CNCC(C(C)C)N(CC(C)C)C(C)C. The van der Waals surface area contributed by atoms with E-state index in [0.717, 1.165) is 24.9 Å². The molecule has 0 fully saturated rings. The molecule has 0 aromatic rings. The van der Waals surface area contributed by atoms with Gasteiger partial charge >= 0.3 is 0 Å². The first-order chi connectivity index (χ1) is 8.25. The molecule has 110 valence electrons. The maximum Gasteiger partial charge on any atom is 0.0246 e. The molecule has 0 aromatic carbocycles. The lowest BCUT2D eigenvalue weighted by Crippen LogP contribution is -2.50. The van der Waals surface area contributed by atoms with Crippen LogP contribution in [0.25, 0.3) is 0 Å². The van der Waals surface area contributed by atoms with E-state index >= 15 is 0 Å². The van der Waals surface area contributed by atoms with E-state index < -0.39 is 0 Å². The Morgan fingerprint density at radius 3 is 1.67 bits per heavy atom. The van der Waals surface area contributed by atoms with Crippen LogP contribution in [0.1, 0.15) is 55.4 Å². The molecule has 0 spiro atoms. The molecular weight excluding hydrogens is 220 g/mol. The second-order valence-corrected chi connectivity index (χ2v) is 7.05. The Hall–Kier alpha value is -0.0800. The van der Waals surface area contributed by atoms with Gasteiger partial charge in [-0.1, -0.05) is 41.5 Å². The molecule has 0 rings (SSSR count). The van der Waals surface area contributed by atoms with E-state index in [2.05, 4.69) is 65.6 Å². The number of nitrogens with zero attached hydrogens (tertiary/aromatic N) is 1. The van der Waals surface area contributed by atoms with E-state index in [-0.39, 0.29) is 0 Å². The van der Waals surface area contributed by atoms with E-state index in [1.807, 2.05) is 0 Å². The van der Waals surface area contributed by atoms with Gasteiger partial charge in [-0.05, 0) is 38.1 Å². The number of hydrogen-bond donors (Lipinski definition) is 1. The third-order valence-electron chi connectivity index (χ3n) is 3.34. The van der Waals surface area contributed by atoms with Crippen LogP contribution in [-0.4, -0.2) is 36.6 Å². The minimum Gasteiger partial charge on any atom is -0.315 e. The van der Waals surface area contributed by atoms with Crippen molar-refractivity contribution in [1.29, 1.82) is 0 Å². The van der Waals surface area contributed by atoms with Crippen LogP contribution in [0.3, 0.4) is 0 Å². The van der Waals surface area contributed by atoms with Crippen LogP contribution in [0, 0.1) is 17.8 Å². The van der Waals surface area contributed by atoms with Gasteiger partial charge < -0.3 is 5.32 Å². The summed E-state index contributed by atoms with van der Waals surface area (Å²) in [5, 5.41) is 3.63. The van der Waals surface area contributed by atoms with Crippen LogP contribution in [-0.2, 0) is 0 Å².